The second-order valence-corrected chi connectivity index (χ2v) is 5.79. The monoisotopic (exact) mass is 267 g/mol. The highest BCUT2D eigenvalue weighted by Gasteiger charge is 2.31. The van der Waals surface area contributed by atoms with Gasteiger partial charge in [0.1, 0.15) is 0 Å². The lowest BCUT2D eigenvalue weighted by atomic mass is 9.75. The van der Waals surface area contributed by atoms with Crippen molar-refractivity contribution < 1.29 is 0 Å². The number of anilines is 1. The summed E-state index contributed by atoms with van der Waals surface area (Å²) < 4.78 is 0. The van der Waals surface area contributed by atoms with Crippen molar-refractivity contribution in [1.82, 2.24) is 9.97 Å². The van der Waals surface area contributed by atoms with Crippen LogP contribution in [0.3, 0.4) is 0 Å². The number of alkyl halides is 1. The Morgan fingerprint density at radius 3 is 2.33 bits per heavy atom. The van der Waals surface area contributed by atoms with Crippen LogP contribution in [0.5, 0.6) is 0 Å². The zero-order valence-corrected chi connectivity index (χ0v) is 12.1. The molecule has 1 aromatic rings. The Morgan fingerprint density at radius 2 is 1.78 bits per heavy atom. The fraction of sp³-hybridized carbons (Fsp3) is 0.714. The van der Waals surface area contributed by atoms with E-state index in [0.717, 1.165) is 29.8 Å². The maximum absolute atomic E-state index is 6.19. The van der Waals surface area contributed by atoms with Crippen LogP contribution in [0.15, 0.2) is 6.07 Å². The Balaban J connectivity index is 2.00. The van der Waals surface area contributed by atoms with Crippen LogP contribution in [0, 0.1) is 19.3 Å². The van der Waals surface area contributed by atoms with E-state index < -0.39 is 0 Å². The van der Waals surface area contributed by atoms with Crippen LogP contribution in [0.1, 0.15) is 43.5 Å². The number of halogens is 1. The normalized spacial score (nSPS) is 18.6. The van der Waals surface area contributed by atoms with Crippen LogP contribution >= 0.6 is 11.6 Å². The van der Waals surface area contributed by atoms with Gasteiger partial charge in [0, 0.05) is 29.2 Å². The van der Waals surface area contributed by atoms with E-state index in [0.29, 0.717) is 0 Å². The Bertz CT molecular complexity index is 380. The standard InChI is InChI=1S/C14H22ClN3/c1-11-8-12(2)18-13(17-11)16-10-14(9-15)6-4-3-5-7-14/h8H,3-7,9-10H2,1-2H3,(H,16,17,18). The van der Waals surface area contributed by atoms with Crippen LogP contribution in [0.25, 0.3) is 0 Å². The average molecular weight is 268 g/mol. The quantitative estimate of drug-likeness (QED) is 0.846. The minimum Gasteiger partial charge on any atom is -0.354 e. The third-order valence-electron chi connectivity index (χ3n) is 3.80. The van der Waals surface area contributed by atoms with Gasteiger partial charge in [-0.25, -0.2) is 9.97 Å². The maximum Gasteiger partial charge on any atom is 0.223 e. The summed E-state index contributed by atoms with van der Waals surface area (Å²) in [5.41, 5.74) is 2.25. The summed E-state index contributed by atoms with van der Waals surface area (Å²) in [6.45, 7) is 4.88. The molecule has 0 aliphatic heterocycles. The number of hydrogen-bond acceptors (Lipinski definition) is 3. The Kier molecular flexibility index (Phi) is 4.44. The van der Waals surface area contributed by atoms with E-state index in [2.05, 4.69) is 15.3 Å². The van der Waals surface area contributed by atoms with Crippen molar-refractivity contribution in [2.75, 3.05) is 17.7 Å². The molecular formula is C14H22ClN3. The zero-order valence-electron chi connectivity index (χ0n) is 11.3. The first kappa shape index (κ1) is 13.6. The van der Waals surface area contributed by atoms with E-state index in [4.69, 9.17) is 11.6 Å². The molecule has 1 saturated carbocycles. The van der Waals surface area contributed by atoms with Crippen LogP contribution in [-0.4, -0.2) is 22.4 Å². The van der Waals surface area contributed by atoms with Gasteiger partial charge in [-0.1, -0.05) is 19.3 Å². The summed E-state index contributed by atoms with van der Waals surface area (Å²) in [4.78, 5) is 8.84. The van der Waals surface area contributed by atoms with E-state index in [1.807, 2.05) is 19.9 Å². The second kappa shape index (κ2) is 5.87. The summed E-state index contributed by atoms with van der Waals surface area (Å²) >= 11 is 6.19. The van der Waals surface area contributed by atoms with Gasteiger partial charge in [0.2, 0.25) is 5.95 Å². The van der Waals surface area contributed by atoms with Gasteiger partial charge in [0.15, 0.2) is 0 Å². The van der Waals surface area contributed by atoms with Crippen molar-refractivity contribution in [3.05, 3.63) is 17.5 Å². The topological polar surface area (TPSA) is 37.8 Å². The molecule has 0 aromatic carbocycles. The molecule has 3 nitrogen and oxygen atoms in total. The third-order valence-corrected chi connectivity index (χ3v) is 4.37. The molecule has 0 radical (unpaired) electrons. The summed E-state index contributed by atoms with van der Waals surface area (Å²) in [5.74, 6) is 1.47. The van der Waals surface area contributed by atoms with Gasteiger partial charge in [-0.2, -0.15) is 0 Å². The van der Waals surface area contributed by atoms with Crippen molar-refractivity contribution in [3.8, 4) is 0 Å². The molecular weight excluding hydrogens is 246 g/mol. The number of nitrogens with zero attached hydrogens (tertiary/aromatic N) is 2. The van der Waals surface area contributed by atoms with E-state index in [1.165, 1.54) is 32.1 Å². The highest BCUT2D eigenvalue weighted by Crippen LogP contribution is 2.37. The molecule has 2 rings (SSSR count). The van der Waals surface area contributed by atoms with Gasteiger partial charge in [-0.15, -0.1) is 11.6 Å². The number of nitrogens with one attached hydrogen (secondary N) is 1. The van der Waals surface area contributed by atoms with Gasteiger partial charge in [0.05, 0.1) is 0 Å². The first-order chi connectivity index (χ1) is 8.63. The van der Waals surface area contributed by atoms with Crippen LogP contribution in [0.2, 0.25) is 0 Å². The Morgan fingerprint density at radius 1 is 1.17 bits per heavy atom. The average Bonchev–Trinajstić information content (AvgIpc) is 2.36. The fourth-order valence-electron chi connectivity index (χ4n) is 2.73. The van der Waals surface area contributed by atoms with E-state index in [1.54, 1.807) is 0 Å². The molecule has 0 spiro atoms. The first-order valence-electron chi connectivity index (χ1n) is 6.76. The largest absolute Gasteiger partial charge is 0.354 e. The van der Waals surface area contributed by atoms with Crippen molar-refractivity contribution in [2.45, 2.75) is 46.0 Å². The molecule has 1 aromatic heterocycles. The van der Waals surface area contributed by atoms with Gasteiger partial charge in [0.25, 0.3) is 0 Å². The lowest BCUT2D eigenvalue weighted by Gasteiger charge is -2.35. The van der Waals surface area contributed by atoms with E-state index in [9.17, 15) is 0 Å². The molecule has 0 unspecified atom stereocenters. The minimum atomic E-state index is 0.237. The zero-order chi connectivity index (χ0) is 13.0. The first-order valence-corrected chi connectivity index (χ1v) is 7.29. The van der Waals surface area contributed by atoms with Gasteiger partial charge in [-0.3, -0.25) is 0 Å². The molecule has 1 aliphatic rings. The Hall–Kier alpha value is -0.830. The number of hydrogen-bond donors (Lipinski definition) is 1. The fourth-order valence-corrected chi connectivity index (χ4v) is 3.09. The van der Waals surface area contributed by atoms with Crippen molar-refractivity contribution >= 4 is 17.5 Å². The van der Waals surface area contributed by atoms with Crippen molar-refractivity contribution in [2.24, 2.45) is 5.41 Å². The molecule has 0 atom stereocenters. The highest BCUT2D eigenvalue weighted by molar-refractivity contribution is 6.18. The summed E-state index contributed by atoms with van der Waals surface area (Å²) in [6.07, 6.45) is 6.37. The van der Waals surface area contributed by atoms with Crippen molar-refractivity contribution in [3.63, 3.8) is 0 Å². The third kappa shape index (κ3) is 3.35. The van der Waals surface area contributed by atoms with Gasteiger partial charge >= 0.3 is 0 Å². The smallest absolute Gasteiger partial charge is 0.223 e. The summed E-state index contributed by atoms with van der Waals surface area (Å²) in [5, 5.41) is 3.38. The van der Waals surface area contributed by atoms with E-state index in [-0.39, 0.29) is 5.41 Å². The maximum atomic E-state index is 6.19. The lowest BCUT2D eigenvalue weighted by molar-refractivity contribution is 0.237. The van der Waals surface area contributed by atoms with E-state index >= 15 is 0 Å². The molecule has 0 bridgehead atoms. The number of rotatable bonds is 4. The SMILES string of the molecule is Cc1cc(C)nc(NCC2(CCl)CCCCC2)n1. The lowest BCUT2D eigenvalue weighted by Crippen LogP contribution is -2.34. The number of aromatic nitrogens is 2. The number of aryl methyl sites for hydroxylation is 2. The molecule has 0 saturated heterocycles. The predicted octanol–water partition coefficient (Wildman–Crippen LogP) is 3.69. The molecule has 1 aliphatic carbocycles. The summed E-state index contributed by atoms with van der Waals surface area (Å²) in [6, 6.07) is 1.99. The molecule has 1 heterocycles. The predicted molar refractivity (Wildman–Crippen MR) is 76.2 cm³/mol. The van der Waals surface area contributed by atoms with Gasteiger partial charge < -0.3 is 5.32 Å². The minimum absolute atomic E-state index is 0.237. The van der Waals surface area contributed by atoms with Crippen LogP contribution in [0.4, 0.5) is 5.95 Å². The molecule has 100 valence electrons. The van der Waals surface area contributed by atoms with Crippen molar-refractivity contribution in [1.29, 1.82) is 0 Å². The summed E-state index contributed by atoms with van der Waals surface area (Å²) in [7, 11) is 0. The highest BCUT2D eigenvalue weighted by atomic mass is 35.5. The molecule has 18 heavy (non-hydrogen) atoms. The Labute approximate surface area is 114 Å². The van der Waals surface area contributed by atoms with Gasteiger partial charge in [-0.05, 0) is 32.8 Å². The molecule has 0 amide bonds. The second-order valence-electron chi connectivity index (χ2n) is 5.52. The molecule has 4 heteroatoms. The van der Waals surface area contributed by atoms with Crippen LogP contribution in [-0.2, 0) is 0 Å². The molecule has 1 N–H and O–H groups in total. The van der Waals surface area contributed by atoms with Crippen LogP contribution < -0.4 is 5.32 Å². The molecule has 1 fully saturated rings.